The third kappa shape index (κ3) is 5.07. The van der Waals surface area contributed by atoms with Crippen LogP contribution in [-0.2, 0) is 4.79 Å². The molecule has 1 aromatic carbocycles. The lowest BCUT2D eigenvalue weighted by atomic mass is 9.94. The first-order valence-electron chi connectivity index (χ1n) is 10.0. The highest BCUT2D eigenvalue weighted by Crippen LogP contribution is 2.30. The molecule has 0 spiro atoms. The molecule has 3 amide bonds. The Morgan fingerprint density at radius 2 is 2.07 bits per heavy atom. The normalized spacial score (nSPS) is 16.4. The molecule has 0 saturated carbocycles. The minimum Gasteiger partial charge on any atom is -0.483 e. The van der Waals surface area contributed by atoms with E-state index in [0.717, 1.165) is 35.4 Å². The van der Waals surface area contributed by atoms with Crippen LogP contribution in [0, 0.1) is 13.8 Å². The Bertz CT molecular complexity index is 844. The van der Waals surface area contributed by atoms with Crippen LogP contribution in [0.1, 0.15) is 42.5 Å². The summed E-state index contributed by atoms with van der Waals surface area (Å²) in [6, 6.07) is 5.67. The van der Waals surface area contributed by atoms with Crippen molar-refractivity contribution in [3.63, 3.8) is 0 Å². The molecule has 0 unspecified atom stereocenters. The Morgan fingerprint density at radius 1 is 1.31 bits per heavy atom. The van der Waals surface area contributed by atoms with E-state index in [1.54, 1.807) is 6.20 Å². The Labute approximate surface area is 171 Å². The van der Waals surface area contributed by atoms with E-state index in [1.165, 1.54) is 0 Å². The van der Waals surface area contributed by atoms with Crippen molar-refractivity contribution in [3.8, 4) is 5.75 Å². The first-order chi connectivity index (χ1) is 14.0. The number of hydrogen-bond donors (Lipinski definition) is 3. The minimum atomic E-state index is -0.263. The Morgan fingerprint density at radius 3 is 2.79 bits per heavy atom. The van der Waals surface area contributed by atoms with Crippen LogP contribution in [0.25, 0.3) is 0 Å². The first-order valence-corrected chi connectivity index (χ1v) is 10.0. The molecule has 1 aliphatic rings. The number of carbonyl (C=O) groups is 2. The first kappa shape index (κ1) is 20.7. The van der Waals surface area contributed by atoms with E-state index in [0.29, 0.717) is 25.3 Å². The monoisotopic (exact) mass is 399 g/mol. The van der Waals surface area contributed by atoms with Crippen LogP contribution >= 0.6 is 0 Å². The molecule has 1 aliphatic heterocycles. The van der Waals surface area contributed by atoms with Gasteiger partial charge in [0.2, 0.25) is 0 Å². The molecule has 1 fully saturated rings. The number of aromatic nitrogens is 2. The summed E-state index contributed by atoms with van der Waals surface area (Å²) in [5.41, 5.74) is 3.55. The zero-order valence-electron chi connectivity index (χ0n) is 17.2. The molecule has 1 aromatic heterocycles. The fraction of sp³-hybridized carbons (Fsp3) is 0.476. The molecular weight excluding hydrogens is 370 g/mol. The summed E-state index contributed by atoms with van der Waals surface area (Å²) in [4.78, 5) is 26.4. The number of H-pyrrole nitrogens is 1. The zero-order valence-corrected chi connectivity index (χ0v) is 17.2. The van der Waals surface area contributed by atoms with Crippen LogP contribution in [0.5, 0.6) is 5.75 Å². The number of para-hydroxylation sites is 1. The van der Waals surface area contributed by atoms with Gasteiger partial charge >= 0.3 is 6.03 Å². The molecular formula is C21H29N5O3. The zero-order chi connectivity index (χ0) is 20.8. The van der Waals surface area contributed by atoms with Gasteiger partial charge in [-0.25, -0.2) is 4.79 Å². The number of nitrogens with one attached hydrogen (secondary N) is 3. The van der Waals surface area contributed by atoms with Gasteiger partial charge in [-0.05, 0) is 44.7 Å². The highest BCUT2D eigenvalue weighted by Gasteiger charge is 2.28. The second-order valence-corrected chi connectivity index (χ2v) is 7.37. The summed E-state index contributed by atoms with van der Waals surface area (Å²) in [5, 5.41) is 12.6. The number of aryl methyl sites for hydroxylation is 2. The van der Waals surface area contributed by atoms with Crippen LogP contribution in [-0.4, -0.2) is 53.3 Å². The van der Waals surface area contributed by atoms with Crippen molar-refractivity contribution >= 4 is 17.6 Å². The Balaban J connectivity index is 1.61. The molecule has 0 aliphatic carbocycles. The van der Waals surface area contributed by atoms with Gasteiger partial charge in [0.15, 0.2) is 6.61 Å². The van der Waals surface area contributed by atoms with Crippen LogP contribution in [0.15, 0.2) is 24.4 Å². The summed E-state index contributed by atoms with van der Waals surface area (Å²) in [6.45, 7) is 7.66. The van der Waals surface area contributed by atoms with E-state index >= 15 is 0 Å². The summed E-state index contributed by atoms with van der Waals surface area (Å²) in [6.07, 6.45) is 3.42. The smallest absolute Gasteiger partial charge is 0.319 e. The van der Waals surface area contributed by atoms with Gasteiger partial charge < -0.3 is 20.3 Å². The van der Waals surface area contributed by atoms with Gasteiger partial charge in [-0.1, -0.05) is 18.2 Å². The lowest BCUT2D eigenvalue weighted by Gasteiger charge is -2.32. The molecule has 2 heterocycles. The number of amides is 3. The minimum absolute atomic E-state index is 0.0192. The standard InChI is InChI=1S/C21H29N5O3/c1-4-22-21(28)24-17-11-23-25-19(17)16-9-6-10-26(12-16)18(27)13-29-20-14(2)7-5-8-15(20)3/h5,7-8,11,16H,4,6,9-10,12-13H2,1-3H3,(H,23,25)(H2,22,24,28)/t16-/m1/s1. The fourth-order valence-corrected chi connectivity index (χ4v) is 3.73. The van der Waals surface area contributed by atoms with Crippen molar-refractivity contribution in [2.45, 2.75) is 39.5 Å². The van der Waals surface area contributed by atoms with Gasteiger partial charge in [0.25, 0.3) is 5.91 Å². The molecule has 1 saturated heterocycles. The third-order valence-electron chi connectivity index (χ3n) is 5.19. The predicted molar refractivity (Wildman–Crippen MR) is 111 cm³/mol. The van der Waals surface area contributed by atoms with Crippen molar-refractivity contribution in [1.82, 2.24) is 20.4 Å². The molecule has 2 aromatic rings. The number of aromatic amines is 1. The second kappa shape index (κ2) is 9.45. The Kier molecular flexibility index (Phi) is 6.74. The fourth-order valence-electron chi connectivity index (χ4n) is 3.73. The van der Waals surface area contributed by atoms with Crippen LogP contribution in [0.3, 0.4) is 0 Å². The number of ether oxygens (including phenoxy) is 1. The van der Waals surface area contributed by atoms with Crippen LogP contribution < -0.4 is 15.4 Å². The number of urea groups is 1. The van der Waals surface area contributed by atoms with Gasteiger partial charge in [-0.3, -0.25) is 9.89 Å². The summed E-state index contributed by atoms with van der Waals surface area (Å²) >= 11 is 0. The van der Waals surface area contributed by atoms with Crippen molar-refractivity contribution in [1.29, 1.82) is 0 Å². The maximum absolute atomic E-state index is 12.8. The van der Waals surface area contributed by atoms with Crippen molar-refractivity contribution in [3.05, 3.63) is 41.2 Å². The van der Waals surface area contributed by atoms with Gasteiger partial charge in [0.1, 0.15) is 5.75 Å². The number of nitrogens with zero attached hydrogens (tertiary/aromatic N) is 2. The van der Waals surface area contributed by atoms with Crippen molar-refractivity contribution < 1.29 is 14.3 Å². The highest BCUT2D eigenvalue weighted by atomic mass is 16.5. The third-order valence-corrected chi connectivity index (χ3v) is 5.19. The number of rotatable bonds is 6. The number of piperidine rings is 1. The maximum Gasteiger partial charge on any atom is 0.319 e. The number of benzene rings is 1. The quantitative estimate of drug-likeness (QED) is 0.695. The largest absolute Gasteiger partial charge is 0.483 e. The van der Waals surface area contributed by atoms with E-state index in [2.05, 4.69) is 20.8 Å². The topological polar surface area (TPSA) is 99.4 Å². The SMILES string of the molecule is CCNC(=O)Nc1cn[nH]c1[C@@H]1CCCN(C(=O)COc2c(C)cccc2C)C1. The molecule has 3 N–H and O–H groups in total. The molecule has 0 bridgehead atoms. The highest BCUT2D eigenvalue weighted by molar-refractivity contribution is 5.89. The summed E-state index contributed by atoms with van der Waals surface area (Å²) in [5.74, 6) is 0.832. The molecule has 8 heteroatoms. The number of carbonyl (C=O) groups excluding carboxylic acids is 2. The second-order valence-electron chi connectivity index (χ2n) is 7.37. The molecule has 156 valence electrons. The predicted octanol–water partition coefficient (Wildman–Crippen LogP) is 2.95. The summed E-state index contributed by atoms with van der Waals surface area (Å²) in [7, 11) is 0. The number of likely N-dealkylation sites (tertiary alicyclic amines) is 1. The van der Waals surface area contributed by atoms with E-state index < -0.39 is 0 Å². The van der Waals surface area contributed by atoms with Gasteiger partial charge in [0, 0.05) is 25.6 Å². The van der Waals surface area contributed by atoms with Crippen molar-refractivity contribution in [2.24, 2.45) is 0 Å². The maximum atomic E-state index is 12.8. The van der Waals surface area contributed by atoms with E-state index in [9.17, 15) is 9.59 Å². The summed E-state index contributed by atoms with van der Waals surface area (Å²) < 4.78 is 5.84. The molecule has 29 heavy (non-hydrogen) atoms. The average Bonchev–Trinajstić information content (AvgIpc) is 3.15. The number of hydrogen-bond acceptors (Lipinski definition) is 4. The number of anilines is 1. The average molecular weight is 399 g/mol. The molecule has 8 nitrogen and oxygen atoms in total. The van der Waals surface area contributed by atoms with Crippen LogP contribution in [0.4, 0.5) is 10.5 Å². The van der Waals surface area contributed by atoms with Gasteiger partial charge in [-0.15, -0.1) is 0 Å². The van der Waals surface area contributed by atoms with Crippen LogP contribution in [0.2, 0.25) is 0 Å². The van der Waals surface area contributed by atoms with E-state index in [-0.39, 0.29) is 24.5 Å². The van der Waals surface area contributed by atoms with Crippen molar-refractivity contribution in [2.75, 3.05) is 31.6 Å². The molecule has 1 atom stereocenters. The Hall–Kier alpha value is -3.03. The molecule has 3 rings (SSSR count). The van der Waals surface area contributed by atoms with Gasteiger partial charge in [0.05, 0.1) is 17.6 Å². The van der Waals surface area contributed by atoms with Gasteiger partial charge in [-0.2, -0.15) is 5.10 Å². The lowest BCUT2D eigenvalue weighted by Crippen LogP contribution is -2.42. The van der Waals surface area contributed by atoms with E-state index in [4.69, 9.17) is 4.74 Å². The van der Waals surface area contributed by atoms with E-state index in [1.807, 2.05) is 43.9 Å². The lowest BCUT2D eigenvalue weighted by molar-refractivity contribution is -0.134. The molecule has 0 radical (unpaired) electrons.